The Morgan fingerprint density at radius 3 is 2.15 bits per heavy atom. The van der Waals surface area contributed by atoms with Crippen LogP contribution in [0, 0.1) is 37.3 Å². The fourth-order valence-electron chi connectivity index (χ4n) is 0.967. The van der Waals surface area contributed by atoms with E-state index < -0.39 is 0 Å². The van der Waals surface area contributed by atoms with Crippen molar-refractivity contribution in [2.45, 2.75) is 0 Å². The molecular weight excluding hydrogens is 158 g/mol. The van der Waals surface area contributed by atoms with E-state index in [4.69, 9.17) is 19.3 Å². The monoisotopic (exact) mass is 165 g/mol. The molecular formula is C12H7N. The molecule has 0 unspecified atom stereocenters. The van der Waals surface area contributed by atoms with Crippen LogP contribution in [0.4, 0.5) is 5.69 Å². The molecule has 1 heteroatoms. The molecule has 1 rings (SSSR count). The molecule has 0 aliphatic rings. The molecule has 0 heterocycles. The molecule has 0 bridgehead atoms. The van der Waals surface area contributed by atoms with E-state index in [1.54, 1.807) is 12.1 Å². The molecule has 0 aliphatic heterocycles. The Balaban J connectivity index is 3.25. The van der Waals surface area contributed by atoms with Crippen molar-refractivity contribution in [3.05, 3.63) is 29.8 Å². The second-order valence-electron chi connectivity index (χ2n) is 2.26. The maximum absolute atomic E-state index is 5.28. The fraction of sp³-hybridized carbons (Fsp3) is 0. The second-order valence-corrected chi connectivity index (χ2v) is 2.26. The van der Waals surface area contributed by atoms with Crippen LogP contribution in [0.25, 0.3) is 0 Å². The van der Waals surface area contributed by atoms with E-state index >= 15 is 0 Å². The quantitative estimate of drug-likeness (QED) is 0.452. The average Bonchev–Trinajstić information content (AvgIpc) is 2.20. The Labute approximate surface area is 78.4 Å². The van der Waals surface area contributed by atoms with Crippen LogP contribution in [-0.2, 0) is 0 Å². The number of benzene rings is 1. The van der Waals surface area contributed by atoms with Gasteiger partial charge in [-0.1, -0.05) is 30.9 Å². The third-order valence-corrected chi connectivity index (χ3v) is 1.56. The van der Waals surface area contributed by atoms with E-state index in [0.717, 1.165) is 0 Å². The number of para-hydroxylation sites is 1. The fourth-order valence-corrected chi connectivity index (χ4v) is 0.967. The lowest BCUT2D eigenvalue weighted by Gasteiger charge is -2.10. The Morgan fingerprint density at radius 2 is 1.62 bits per heavy atom. The summed E-state index contributed by atoms with van der Waals surface area (Å²) < 4.78 is 0. The van der Waals surface area contributed by atoms with Gasteiger partial charge in [0.1, 0.15) is 0 Å². The third kappa shape index (κ3) is 1.64. The van der Waals surface area contributed by atoms with Crippen LogP contribution in [0.3, 0.4) is 0 Å². The van der Waals surface area contributed by atoms with E-state index in [1.807, 2.05) is 12.1 Å². The smallest absolute Gasteiger partial charge is 0.0792 e. The zero-order valence-electron chi connectivity index (χ0n) is 6.99. The van der Waals surface area contributed by atoms with Gasteiger partial charge in [-0.3, -0.25) is 0 Å². The largest absolute Gasteiger partial charge is 0.227 e. The van der Waals surface area contributed by atoms with Gasteiger partial charge in [0.25, 0.3) is 0 Å². The number of terminal acetylenes is 3. The predicted octanol–water partition coefficient (Wildman–Crippen LogP) is 1.66. The zero-order chi connectivity index (χ0) is 9.68. The highest BCUT2D eigenvalue weighted by atomic mass is 15.1. The van der Waals surface area contributed by atoms with Crippen LogP contribution >= 0.6 is 0 Å². The highest BCUT2D eigenvalue weighted by molar-refractivity contribution is 5.66. The summed E-state index contributed by atoms with van der Waals surface area (Å²) in [4.78, 5) is 1.31. The summed E-state index contributed by atoms with van der Waals surface area (Å²) in [6.07, 6.45) is 15.7. The summed E-state index contributed by atoms with van der Waals surface area (Å²) in [5.41, 5.74) is 1.38. The molecule has 0 radical (unpaired) electrons. The molecule has 0 aliphatic carbocycles. The molecule has 0 atom stereocenters. The highest BCUT2D eigenvalue weighted by Crippen LogP contribution is 2.17. The molecule has 0 saturated heterocycles. The first-order valence-corrected chi connectivity index (χ1v) is 3.61. The van der Waals surface area contributed by atoms with E-state index in [9.17, 15) is 0 Å². The summed E-state index contributed by atoms with van der Waals surface area (Å²) >= 11 is 0. The minimum absolute atomic E-state index is 0.690. The summed E-state index contributed by atoms with van der Waals surface area (Å²) in [6.45, 7) is 0. The van der Waals surface area contributed by atoms with Crippen molar-refractivity contribution in [2.75, 3.05) is 4.90 Å². The second kappa shape index (κ2) is 3.91. The van der Waals surface area contributed by atoms with Crippen molar-refractivity contribution in [1.82, 2.24) is 0 Å². The standard InChI is InChI=1S/C12H7N/c1-4-11-9-7-8-10-12(11)13(5-2)6-3/h1-3,7-10H. The Kier molecular flexibility index (Phi) is 2.65. The van der Waals surface area contributed by atoms with Crippen LogP contribution in [0.5, 0.6) is 0 Å². The Morgan fingerprint density at radius 1 is 1.00 bits per heavy atom. The predicted molar refractivity (Wildman–Crippen MR) is 54.5 cm³/mol. The zero-order valence-corrected chi connectivity index (χ0v) is 6.99. The van der Waals surface area contributed by atoms with Gasteiger partial charge in [-0.2, -0.15) is 0 Å². The molecule has 0 fully saturated rings. The van der Waals surface area contributed by atoms with Crippen molar-refractivity contribution in [3.8, 4) is 37.3 Å². The number of anilines is 1. The van der Waals surface area contributed by atoms with Crippen molar-refractivity contribution in [1.29, 1.82) is 0 Å². The van der Waals surface area contributed by atoms with Crippen molar-refractivity contribution >= 4 is 5.69 Å². The molecule has 1 nitrogen and oxygen atoms in total. The van der Waals surface area contributed by atoms with Gasteiger partial charge in [-0.25, -0.2) is 4.90 Å². The minimum atomic E-state index is 0.690. The lowest BCUT2D eigenvalue weighted by molar-refractivity contribution is 1.38. The third-order valence-electron chi connectivity index (χ3n) is 1.56. The first kappa shape index (κ1) is 8.79. The Bertz CT molecular complexity index is 410. The van der Waals surface area contributed by atoms with Gasteiger partial charge in [0, 0.05) is 17.7 Å². The van der Waals surface area contributed by atoms with Crippen LogP contribution in [-0.4, -0.2) is 0 Å². The molecule has 0 spiro atoms. The molecule has 0 saturated carbocycles. The molecule has 0 aromatic heterocycles. The van der Waals surface area contributed by atoms with Crippen molar-refractivity contribution < 1.29 is 0 Å². The first-order chi connectivity index (χ1) is 6.33. The van der Waals surface area contributed by atoms with Crippen molar-refractivity contribution in [3.63, 3.8) is 0 Å². The normalized spacial score (nSPS) is 7.77. The highest BCUT2D eigenvalue weighted by Gasteiger charge is 2.03. The van der Waals surface area contributed by atoms with Gasteiger partial charge in [0.2, 0.25) is 0 Å². The van der Waals surface area contributed by atoms with E-state index in [-0.39, 0.29) is 0 Å². The van der Waals surface area contributed by atoms with Crippen LogP contribution in [0.2, 0.25) is 0 Å². The number of nitrogens with zero attached hydrogens (tertiary/aromatic N) is 1. The molecule has 0 N–H and O–H groups in total. The maximum Gasteiger partial charge on any atom is 0.0792 e. The lowest BCUT2D eigenvalue weighted by atomic mass is 10.2. The molecule has 60 valence electrons. The molecule has 0 amide bonds. The van der Waals surface area contributed by atoms with Crippen LogP contribution in [0.15, 0.2) is 24.3 Å². The maximum atomic E-state index is 5.28. The minimum Gasteiger partial charge on any atom is -0.227 e. The SMILES string of the molecule is C#Cc1ccccc1N(C#C)C#C. The number of hydrogen-bond donors (Lipinski definition) is 0. The van der Waals surface area contributed by atoms with Gasteiger partial charge in [0.05, 0.1) is 5.69 Å². The van der Waals surface area contributed by atoms with E-state index in [0.29, 0.717) is 11.3 Å². The van der Waals surface area contributed by atoms with Gasteiger partial charge in [0.15, 0.2) is 0 Å². The summed E-state index contributed by atoms with van der Waals surface area (Å²) in [6, 6.07) is 11.9. The summed E-state index contributed by atoms with van der Waals surface area (Å²) in [7, 11) is 0. The van der Waals surface area contributed by atoms with Crippen LogP contribution in [0.1, 0.15) is 5.56 Å². The van der Waals surface area contributed by atoms with Crippen LogP contribution < -0.4 is 4.90 Å². The summed E-state index contributed by atoms with van der Waals surface area (Å²) in [5.74, 6) is 2.51. The van der Waals surface area contributed by atoms with Gasteiger partial charge in [-0.05, 0) is 12.1 Å². The average molecular weight is 165 g/mol. The van der Waals surface area contributed by atoms with E-state index in [1.165, 1.54) is 4.90 Å². The van der Waals surface area contributed by atoms with Gasteiger partial charge >= 0.3 is 0 Å². The number of rotatable bonds is 1. The lowest BCUT2D eigenvalue weighted by Crippen LogP contribution is -2.08. The Hall–Kier alpha value is -2.30. The molecule has 1 aromatic carbocycles. The van der Waals surface area contributed by atoms with Gasteiger partial charge < -0.3 is 0 Å². The van der Waals surface area contributed by atoms with Crippen molar-refractivity contribution in [2.24, 2.45) is 0 Å². The van der Waals surface area contributed by atoms with E-state index in [2.05, 4.69) is 18.0 Å². The summed E-state index contributed by atoms with van der Waals surface area (Å²) in [5, 5.41) is 0. The first-order valence-electron chi connectivity index (χ1n) is 3.61. The van der Waals surface area contributed by atoms with Gasteiger partial charge in [-0.15, -0.1) is 6.42 Å². The molecule has 1 aromatic rings. The topological polar surface area (TPSA) is 3.24 Å². The molecule has 13 heavy (non-hydrogen) atoms. The number of hydrogen-bond acceptors (Lipinski definition) is 1.